The summed E-state index contributed by atoms with van der Waals surface area (Å²) in [5.74, 6) is 1.01. The van der Waals surface area contributed by atoms with E-state index in [9.17, 15) is 4.79 Å². The van der Waals surface area contributed by atoms with Gasteiger partial charge in [-0.2, -0.15) is 0 Å². The van der Waals surface area contributed by atoms with Gasteiger partial charge in [0, 0.05) is 44.6 Å². The largest absolute Gasteiger partial charge is 0.461 e. The number of halogens is 1. The first-order chi connectivity index (χ1) is 11.6. The standard InChI is InChI=1S/C19H28N2O3.ClH/c1-4-5-9-18-16(15-8-6-7-10-17(15)24-18)13-21(2)19(22)11-14(12-20)23-3;/h6-8,10,14H,4-5,9,11-13,20H2,1-3H3;1H. The van der Waals surface area contributed by atoms with Crippen molar-refractivity contribution in [3.05, 3.63) is 35.6 Å². The maximum absolute atomic E-state index is 12.4. The third-order valence-corrected chi connectivity index (χ3v) is 4.36. The van der Waals surface area contributed by atoms with Crippen molar-refractivity contribution in [1.82, 2.24) is 4.90 Å². The normalized spacial score (nSPS) is 12.0. The highest BCUT2D eigenvalue weighted by molar-refractivity contribution is 5.85. The van der Waals surface area contributed by atoms with Crippen LogP contribution in [0.15, 0.2) is 28.7 Å². The van der Waals surface area contributed by atoms with Gasteiger partial charge in [0.25, 0.3) is 0 Å². The van der Waals surface area contributed by atoms with E-state index in [1.807, 2.05) is 25.2 Å². The molecule has 1 aromatic carbocycles. The van der Waals surface area contributed by atoms with E-state index < -0.39 is 0 Å². The minimum absolute atomic E-state index is 0. The number of unbranched alkanes of at least 4 members (excludes halogenated alkanes) is 1. The summed E-state index contributed by atoms with van der Waals surface area (Å²) in [6.07, 6.45) is 3.14. The molecule has 2 aromatic rings. The predicted molar refractivity (Wildman–Crippen MR) is 103 cm³/mol. The summed E-state index contributed by atoms with van der Waals surface area (Å²) < 4.78 is 11.2. The summed E-state index contributed by atoms with van der Waals surface area (Å²) in [5.41, 5.74) is 7.60. The highest BCUT2D eigenvalue weighted by Gasteiger charge is 2.20. The number of para-hydroxylation sites is 1. The lowest BCUT2D eigenvalue weighted by Crippen LogP contribution is -2.33. The summed E-state index contributed by atoms with van der Waals surface area (Å²) in [5, 5.41) is 1.09. The van der Waals surface area contributed by atoms with Crippen molar-refractivity contribution in [2.45, 2.75) is 45.3 Å². The molecule has 1 unspecified atom stereocenters. The summed E-state index contributed by atoms with van der Waals surface area (Å²) in [7, 11) is 3.40. The molecule has 25 heavy (non-hydrogen) atoms. The van der Waals surface area contributed by atoms with Gasteiger partial charge in [-0.15, -0.1) is 12.4 Å². The van der Waals surface area contributed by atoms with Gasteiger partial charge in [0.05, 0.1) is 12.5 Å². The number of ether oxygens (including phenoxy) is 1. The zero-order valence-corrected chi connectivity index (χ0v) is 16.1. The average molecular weight is 369 g/mol. The second-order valence-electron chi connectivity index (χ2n) is 6.15. The van der Waals surface area contributed by atoms with E-state index in [1.54, 1.807) is 12.0 Å². The molecule has 1 aromatic heterocycles. The molecule has 0 aliphatic heterocycles. The first kappa shape index (κ1) is 21.5. The Balaban J connectivity index is 0.00000312. The van der Waals surface area contributed by atoms with Gasteiger partial charge in [-0.3, -0.25) is 4.79 Å². The zero-order chi connectivity index (χ0) is 17.5. The van der Waals surface area contributed by atoms with Gasteiger partial charge in [-0.25, -0.2) is 0 Å². The molecule has 140 valence electrons. The third kappa shape index (κ3) is 5.46. The first-order valence-electron chi connectivity index (χ1n) is 8.56. The van der Waals surface area contributed by atoms with Crippen LogP contribution in [0.1, 0.15) is 37.5 Å². The fourth-order valence-corrected chi connectivity index (χ4v) is 2.80. The molecule has 1 amide bonds. The van der Waals surface area contributed by atoms with Crippen LogP contribution in [-0.2, 0) is 22.5 Å². The molecule has 0 bridgehead atoms. The Morgan fingerprint density at radius 3 is 2.72 bits per heavy atom. The Morgan fingerprint density at radius 1 is 1.36 bits per heavy atom. The molecular formula is C19H29ClN2O3. The Bertz CT molecular complexity index is 668. The maximum atomic E-state index is 12.4. The van der Waals surface area contributed by atoms with E-state index >= 15 is 0 Å². The monoisotopic (exact) mass is 368 g/mol. The van der Waals surface area contributed by atoms with Gasteiger partial charge < -0.3 is 19.8 Å². The van der Waals surface area contributed by atoms with E-state index in [2.05, 4.69) is 13.0 Å². The second-order valence-corrected chi connectivity index (χ2v) is 6.15. The quantitative estimate of drug-likeness (QED) is 0.735. The number of nitrogens with zero attached hydrogens (tertiary/aromatic N) is 1. The van der Waals surface area contributed by atoms with E-state index in [0.29, 0.717) is 19.5 Å². The van der Waals surface area contributed by atoms with Crippen molar-refractivity contribution in [2.24, 2.45) is 5.73 Å². The molecule has 1 heterocycles. The van der Waals surface area contributed by atoms with Crippen LogP contribution in [0.5, 0.6) is 0 Å². The van der Waals surface area contributed by atoms with Crippen molar-refractivity contribution in [2.75, 3.05) is 20.7 Å². The maximum Gasteiger partial charge on any atom is 0.225 e. The summed E-state index contributed by atoms with van der Waals surface area (Å²) in [4.78, 5) is 14.1. The first-order valence-corrected chi connectivity index (χ1v) is 8.56. The number of fused-ring (bicyclic) bond motifs is 1. The fourth-order valence-electron chi connectivity index (χ4n) is 2.80. The third-order valence-electron chi connectivity index (χ3n) is 4.36. The predicted octanol–water partition coefficient (Wildman–Crippen LogP) is 3.52. The number of carbonyl (C=O) groups is 1. The number of furan rings is 1. The SMILES string of the molecule is CCCCc1oc2ccccc2c1CN(C)C(=O)CC(CN)OC.Cl. The summed E-state index contributed by atoms with van der Waals surface area (Å²) >= 11 is 0. The van der Waals surface area contributed by atoms with Gasteiger partial charge in [-0.1, -0.05) is 31.5 Å². The van der Waals surface area contributed by atoms with Crippen LogP contribution in [0, 0.1) is 0 Å². The van der Waals surface area contributed by atoms with E-state index in [0.717, 1.165) is 41.6 Å². The molecule has 2 rings (SSSR count). The highest BCUT2D eigenvalue weighted by atomic mass is 35.5. The van der Waals surface area contributed by atoms with E-state index in [4.69, 9.17) is 14.9 Å². The van der Waals surface area contributed by atoms with Gasteiger partial charge in [0.1, 0.15) is 11.3 Å². The molecule has 0 saturated heterocycles. The number of nitrogens with two attached hydrogens (primary N) is 1. The van der Waals surface area contributed by atoms with Crippen molar-refractivity contribution in [1.29, 1.82) is 0 Å². The van der Waals surface area contributed by atoms with Crippen LogP contribution in [0.3, 0.4) is 0 Å². The topological polar surface area (TPSA) is 68.7 Å². The average Bonchev–Trinajstić information content (AvgIpc) is 2.95. The Hall–Kier alpha value is -1.56. The van der Waals surface area contributed by atoms with Crippen LogP contribution in [-0.4, -0.2) is 37.6 Å². The molecule has 0 spiro atoms. The number of hydrogen-bond acceptors (Lipinski definition) is 4. The lowest BCUT2D eigenvalue weighted by atomic mass is 10.1. The van der Waals surface area contributed by atoms with Crippen LogP contribution in [0.2, 0.25) is 0 Å². The number of amides is 1. The highest BCUT2D eigenvalue weighted by Crippen LogP contribution is 2.28. The molecule has 0 fully saturated rings. The van der Waals surface area contributed by atoms with E-state index in [-0.39, 0.29) is 24.4 Å². The van der Waals surface area contributed by atoms with Crippen LogP contribution >= 0.6 is 12.4 Å². The number of rotatable bonds is 9. The van der Waals surface area contributed by atoms with Crippen molar-refractivity contribution in [3.63, 3.8) is 0 Å². The lowest BCUT2D eigenvalue weighted by Gasteiger charge is -2.20. The summed E-state index contributed by atoms with van der Waals surface area (Å²) in [6.45, 7) is 3.04. The Kier molecular flexibility index (Phi) is 8.97. The summed E-state index contributed by atoms with van der Waals surface area (Å²) in [6, 6.07) is 8.01. The molecular weight excluding hydrogens is 340 g/mol. The molecule has 2 N–H and O–H groups in total. The number of hydrogen-bond donors (Lipinski definition) is 1. The molecule has 5 nitrogen and oxygen atoms in total. The van der Waals surface area contributed by atoms with E-state index in [1.165, 1.54) is 0 Å². The molecule has 0 aliphatic rings. The Labute approximate surface area is 155 Å². The van der Waals surface area contributed by atoms with Crippen LogP contribution in [0.25, 0.3) is 11.0 Å². The molecule has 0 aliphatic carbocycles. The fraction of sp³-hybridized carbons (Fsp3) is 0.526. The Morgan fingerprint density at radius 2 is 2.08 bits per heavy atom. The van der Waals surface area contributed by atoms with Gasteiger partial charge >= 0.3 is 0 Å². The van der Waals surface area contributed by atoms with Gasteiger partial charge in [-0.05, 0) is 12.5 Å². The molecule has 1 atom stereocenters. The molecule has 0 radical (unpaired) electrons. The lowest BCUT2D eigenvalue weighted by molar-refractivity contribution is -0.132. The van der Waals surface area contributed by atoms with Gasteiger partial charge in [0.2, 0.25) is 5.91 Å². The second kappa shape index (κ2) is 10.4. The minimum Gasteiger partial charge on any atom is -0.461 e. The van der Waals surface area contributed by atoms with Crippen LogP contribution < -0.4 is 5.73 Å². The smallest absolute Gasteiger partial charge is 0.225 e. The van der Waals surface area contributed by atoms with Crippen LogP contribution in [0.4, 0.5) is 0 Å². The van der Waals surface area contributed by atoms with Crippen molar-refractivity contribution in [3.8, 4) is 0 Å². The number of carbonyl (C=O) groups excluding carboxylic acids is 1. The zero-order valence-electron chi connectivity index (χ0n) is 15.3. The number of aryl methyl sites for hydroxylation is 1. The molecule has 0 saturated carbocycles. The minimum atomic E-state index is -0.236. The number of benzene rings is 1. The van der Waals surface area contributed by atoms with Gasteiger partial charge in [0.15, 0.2) is 0 Å². The van der Waals surface area contributed by atoms with Crippen molar-refractivity contribution < 1.29 is 13.9 Å². The number of methoxy groups -OCH3 is 1. The molecule has 6 heteroatoms. The van der Waals surface area contributed by atoms with Crippen molar-refractivity contribution >= 4 is 29.3 Å².